The second-order valence-corrected chi connectivity index (χ2v) is 5.51. The van der Waals surface area contributed by atoms with Crippen LogP contribution in [-0.2, 0) is 5.54 Å². The molecule has 2 nitrogen and oxygen atoms in total. The predicted molar refractivity (Wildman–Crippen MR) is 76.7 cm³/mol. The van der Waals surface area contributed by atoms with Crippen molar-refractivity contribution in [3.05, 3.63) is 71.3 Å². The Labute approximate surface area is 122 Å². The molecule has 0 bridgehead atoms. The van der Waals surface area contributed by atoms with E-state index in [1.807, 2.05) is 6.07 Å². The topological polar surface area (TPSA) is 32.3 Å². The molecule has 2 N–H and O–H groups in total. The summed E-state index contributed by atoms with van der Waals surface area (Å²) >= 11 is 0. The van der Waals surface area contributed by atoms with E-state index in [1.165, 1.54) is 18.2 Å². The molecule has 1 aliphatic rings. The van der Waals surface area contributed by atoms with E-state index in [1.54, 1.807) is 24.3 Å². The minimum Gasteiger partial charge on any atom is -0.387 e. The van der Waals surface area contributed by atoms with Crippen molar-refractivity contribution in [1.82, 2.24) is 5.32 Å². The van der Waals surface area contributed by atoms with Crippen molar-refractivity contribution >= 4 is 0 Å². The molecule has 0 amide bonds. The molecule has 0 aliphatic heterocycles. The molecular formula is C17H17F2NO. The van der Waals surface area contributed by atoms with Gasteiger partial charge < -0.3 is 10.4 Å². The Morgan fingerprint density at radius 2 is 1.71 bits per heavy atom. The first-order chi connectivity index (χ1) is 10.1. The Balaban J connectivity index is 1.67. The van der Waals surface area contributed by atoms with E-state index in [0.717, 1.165) is 12.8 Å². The second kappa shape index (κ2) is 5.54. The van der Waals surface area contributed by atoms with Gasteiger partial charge in [0.15, 0.2) is 0 Å². The van der Waals surface area contributed by atoms with Gasteiger partial charge in [-0.1, -0.05) is 30.3 Å². The highest BCUT2D eigenvalue weighted by Crippen LogP contribution is 2.46. The number of aliphatic hydroxyl groups is 1. The zero-order valence-corrected chi connectivity index (χ0v) is 11.5. The third-order valence-corrected chi connectivity index (χ3v) is 4.03. The Morgan fingerprint density at radius 1 is 1.05 bits per heavy atom. The highest BCUT2D eigenvalue weighted by Gasteiger charge is 2.45. The first-order valence-corrected chi connectivity index (χ1v) is 7.04. The van der Waals surface area contributed by atoms with Crippen LogP contribution in [0.5, 0.6) is 0 Å². The second-order valence-electron chi connectivity index (χ2n) is 5.51. The molecule has 0 radical (unpaired) electrons. The average Bonchev–Trinajstić information content (AvgIpc) is 3.27. The summed E-state index contributed by atoms with van der Waals surface area (Å²) in [5, 5.41) is 13.4. The van der Waals surface area contributed by atoms with Crippen molar-refractivity contribution in [1.29, 1.82) is 0 Å². The van der Waals surface area contributed by atoms with Gasteiger partial charge in [0.25, 0.3) is 0 Å². The van der Waals surface area contributed by atoms with Gasteiger partial charge in [0, 0.05) is 17.6 Å². The summed E-state index contributed by atoms with van der Waals surface area (Å²) in [6, 6.07) is 12.5. The van der Waals surface area contributed by atoms with Crippen LogP contribution in [0.1, 0.15) is 30.1 Å². The molecular weight excluding hydrogens is 272 g/mol. The van der Waals surface area contributed by atoms with Gasteiger partial charge in [-0.3, -0.25) is 0 Å². The van der Waals surface area contributed by atoms with Gasteiger partial charge in [0.05, 0.1) is 6.10 Å². The number of aliphatic hydroxyl groups excluding tert-OH is 1. The van der Waals surface area contributed by atoms with Crippen LogP contribution in [0.15, 0.2) is 48.5 Å². The first-order valence-electron chi connectivity index (χ1n) is 7.04. The van der Waals surface area contributed by atoms with Crippen molar-refractivity contribution in [3.63, 3.8) is 0 Å². The Bertz CT molecular complexity index is 623. The summed E-state index contributed by atoms with van der Waals surface area (Å²) in [6.45, 7) is 0.306. The summed E-state index contributed by atoms with van der Waals surface area (Å²) in [6.07, 6.45) is 0.962. The highest BCUT2D eigenvalue weighted by molar-refractivity contribution is 5.31. The van der Waals surface area contributed by atoms with Crippen LogP contribution in [0, 0.1) is 11.6 Å². The zero-order chi connectivity index (χ0) is 14.9. The monoisotopic (exact) mass is 289 g/mol. The van der Waals surface area contributed by atoms with Gasteiger partial charge in [-0.15, -0.1) is 0 Å². The van der Waals surface area contributed by atoms with E-state index >= 15 is 0 Å². The number of nitrogens with one attached hydrogen (secondary N) is 1. The summed E-state index contributed by atoms with van der Waals surface area (Å²) in [4.78, 5) is 0. The predicted octanol–water partition coefficient (Wildman–Crippen LogP) is 3.28. The van der Waals surface area contributed by atoms with Crippen molar-refractivity contribution < 1.29 is 13.9 Å². The number of halogens is 2. The molecule has 4 heteroatoms. The zero-order valence-electron chi connectivity index (χ0n) is 11.5. The highest BCUT2D eigenvalue weighted by atomic mass is 19.1. The Kier molecular flexibility index (Phi) is 3.74. The lowest BCUT2D eigenvalue weighted by atomic mass is 10.0. The van der Waals surface area contributed by atoms with Crippen LogP contribution in [0.2, 0.25) is 0 Å². The first kappa shape index (κ1) is 14.2. The molecule has 2 aromatic carbocycles. The van der Waals surface area contributed by atoms with Crippen molar-refractivity contribution in [2.45, 2.75) is 24.5 Å². The van der Waals surface area contributed by atoms with E-state index in [-0.39, 0.29) is 17.2 Å². The van der Waals surface area contributed by atoms with E-state index in [2.05, 4.69) is 5.32 Å². The largest absolute Gasteiger partial charge is 0.387 e. The molecule has 1 aliphatic carbocycles. The fourth-order valence-electron chi connectivity index (χ4n) is 2.61. The lowest BCUT2D eigenvalue weighted by molar-refractivity contribution is 0.167. The number of rotatable bonds is 5. The smallest absolute Gasteiger partial charge is 0.128 e. The number of benzene rings is 2. The molecule has 1 fully saturated rings. The quantitative estimate of drug-likeness (QED) is 0.885. The van der Waals surface area contributed by atoms with Gasteiger partial charge >= 0.3 is 0 Å². The average molecular weight is 289 g/mol. The number of hydrogen-bond acceptors (Lipinski definition) is 2. The Hall–Kier alpha value is -1.78. The molecule has 1 atom stereocenters. The standard InChI is InChI=1S/C17H17F2NO/c18-13-7-5-12(6-8-13)16(21)11-20-17(9-10-17)14-3-1-2-4-15(14)19/h1-8,16,20-21H,9-11H2. The van der Waals surface area contributed by atoms with Crippen LogP contribution in [-0.4, -0.2) is 11.7 Å². The van der Waals surface area contributed by atoms with E-state index in [4.69, 9.17) is 0 Å². The fraction of sp³-hybridized carbons (Fsp3) is 0.294. The summed E-state index contributed by atoms with van der Waals surface area (Å²) in [5.74, 6) is -0.553. The van der Waals surface area contributed by atoms with Gasteiger partial charge in [0.2, 0.25) is 0 Å². The minimum atomic E-state index is -0.741. The molecule has 3 rings (SSSR count). The van der Waals surface area contributed by atoms with Crippen molar-refractivity contribution in [3.8, 4) is 0 Å². The maximum atomic E-state index is 13.9. The SMILES string of the molecule is OC(CNC1(c2ccccc2F)CC1)c1ccc(F)cc1. The molecule has 2 aromatic rings. The Morgan fingerprint density at radius 3 is 2.33 bits per heavy atom. The molecule has 0 saturated heterocycles. The minimum absolute atomic E-state index is 0.223. The van der Waals surface area contributed by atoms with Gasteiger partial charge in [-0.2, -0.15) is 0 Å². The summed E-state index contributed by atoms with van der Waals surface area (Å²) < 4.78 is 26.7. The molecule has 1 saturated carbocycles. The van der Waals surface area contributed by atoms with Crippen LogP contribution in [0.4, 0.5) is 8.78 Å². The normalized spacial score (nSPS) is 17.5. The van der Waals surface area contributed by atoms with Crippen molar-refractivity contribution in [2.24, 2.45) is 0 Å². The molecule has 21 heavy (non-hydrogen) atoms. The van der Waals surface area contributed by atoms with Crippen LogP contribution in [0.3, 0.4) is 0 Å². The summed E-state index contributed by atoms with van der Waals surface area (Å²) in [7, 11) is 0. The van der Waals surface area contributed by atoms with E-state index < -0.39 is 6.10 Å². The van der Waals surface area contributed by atoms with Gasteiger partial charge in [-0.25, -0.2) is 8.78 Å². The lowest BCUT2D eigenvalue weighted by Crippen LogP contribution is -2.33. The fourth-order valence-corrected chi connectivity index (χ4v) is 2.61. The van der Waals surface area contributed by atoms with Crippen molar-refractivity contribution in [2.75, 3.05) is 6.54 Å². The molecule has 0 heterocycles. The van der Waals surface area contributed by atoms with E-state index in [9.17, 15) is 13.9 Å². The van der Waals surface area contributed by atoms with Crippen LogP contribution < -0.4 is 5.32 Å². The maximum Gasteiger partial charge on any atom is 0.128 e. The number of hydrogen-bond donors (Lipinski definition) is 2. The maximum absolute atomic E-state index is 13.9. The third-order valence-electron chi connectivity index (χ3n) is 4.03. The lowest BCUT2D eigenvalue weighted by Gasteiger charge is -2.21. The van der Waals surface area contributed by atoms with Crippen LogP contribution in [0.25, 0.3) is 0 Å². The molecule has 110 valence electrons. The van der Waals surface area contributed by atoms with E-state index in [0.29, 0.717) is 17.7 Å². The molecule has 0 aromatic heterocycles. The molecule has 1 unspecified atom stereocenters. The third kappa shape index (κ3) is 2.96. The van der Waals surface area contributed by atoms with Gasteiger partial charge in [-0.05, 0) is 36.6 Å². The summed E-state index contributed by atoms with van der Waals surface area (Å²) in [5.41, 5.74) is 0.927. The van der Waals surface area contributed by atoms with Crippen LogP contribution >= 0.6 is 0 Å². The van der Waals surface area contributed by atoms with Gasteiger partial charge in [0.1, 0.15) is 11.6 Å². The molecule has 0 spiro atoms.